The van der Waals surface area contributed by atoms with Crippen molar-refractivity contribution in [1.82, 2.24) is 4.98 Å². The van der Waals surface area contributed by atoms with E-state index in [0.29, 0.717) is 17.0 Å². The van der Waals surface area contributed by atoms with Crippen LogP contribution in [0.4, 0.5) is 14.5 Å². The SMILES string of the molecule is CN(C(=O)c1csc(-c2ccc(OCc3ccc(F)c(F)c3)cc2)n1)c1ccccc1. The summed E-state index contributed by atoms with van der Waals surface area (Å²) in [4.78, 5) is 18.7. The third-order valence-electron chi connectivity index (χ3n) is 4.66. The quantitative estimate of drug-likeness (QED) is 0.375. The van der Waals surface area contributed by atoms with Gasteiger partial charge in [0.05, 0.1) is 0 Å². The zero-order valence-electron chi connectivity index (χ0n) is 16.6. The smallest absolute Gasteiger partial charge is 0.277 e. The monoisotopic (exact) mass is 436 g/mol. The van der Waals surface area contributed by atoms with Gasteiger partial charge in [-0.05, 0) is 54.1 Å². The van der Waals surface area contributed by atoms with Crippen LogP contribution >= 0.6 is 11.3 Å². The molecule has 0 saturated heterocycles. The normalized spacial score (nSPS) is 10.7. The van der Waals surface area contributed by atoms with Crippen LogP contribution in [0.1, 0.15) is 16.1 Å². The van der Waals surface area contributed by atoms with Gasteiger partial charge >= 0.3 is 0 Å². The Kier molecular flexibility index (Phi) is 6.04. The van der Waals surface area contributed by atoms with E-state index in [2.05, 4.69) is 4.98 Å². The number of rotatable bonds is 6. The molecule has 0 bridgehead atoms. The van der Waals surface area contributed by atoms with E-state index in [1.807, 2.05) is 42.5 Å². The van der Waals surface area contributed by atoms with Crippen LogP contribution < -0.4 is 9.64 Å². The Labute approximate surface area is 182 Å². The highest BCUT2D eigenvalue weighted by Crippen LogP contribution is 2.27. The Morgan fingerprint density at radius 3 is 2.45 bits per heavy atom. The van der Waals surface area contributed by atoms with Crippen molar-refractivity contribution in [1.29, 1.82) is 0 Å². The van der Waals surface area contributed by atoms with Gasteiger partial charge in [-0.3, -0.25) is 4.79 Å². The van der Waals surface area contributed by atoms with Crippen molar-refractivity contribution in [2.45, 2.75) is 6.61 Å². The molecule has 7 heteroatoms. The molecule has 4 aromatic rings. The van der Waals surface area contributed by atoms with Gasteiger partial charge in [0.25, 0.3) is 5.91 Å². The van der Waals surface area contributed by atoms with Crippen molar-refractivity contribution in [3.63, 3.8) is 0 Å². The molecular formula is C24H18F2N2O2S. The highest BCUT2D eigenvalue weighted by Gasteiger charge is 2.17. The minimum absolute atomic E-state index is 0.123. The van der Waals surface area contributed by atoms with Gasteiger partial charge in [-0.2, -0.15) is 0 Å². The molecule has 0 fully saturated rings. The summed E-state index contributed by atoms with van der Waals surface area (Å²) in [7, 11) is 1.72. The molecule has 156 valence electrons. The molecule has 4 rings (SSSR count). The van der Waals surface area contributed by atoms with Crippen LogP contribution in [-0.4, -0.2) is 17.9 Å². The summed E-state index contributed by atoms with van der Waals surface area (Å²) in [6, 6.07) is 20.3. The molecule has 0 unspecified atom stereocenters. The molecule has 0 spiro atoms. The van der Waals surface area contributed by atoms with E-state index in [1.54, 1.807) is 29.5 Å². The lowest BCUT2D eigenvalue weighted by atomic mass is 10.2. The fraction of sp³-hybridized carbons (Fsp3) is 0.0833. The first kappa shape index (κ1) is 20.7. The maximum atomic E-state index is 13.3. The molecular weight excluding hydrogens is 418 g/mol. The lowest BCUT2D eigenvalue weighted by Crippen LogP contribution is -2.26. The number of carbonyl (C=O) groups is 1. The molecule has 0 saturated carbocycles. The summed E-state index contributed by atoms with van der Waals surface area (Å²) in [5.74, 6) is -1.38. The van der Waals surface area contributed by atoms with Crippen molar-refractivity contribution in [2.24, 2.45) is 0 Å². The highest BCUT2D eigenvalue weighted by molar-refractivity contribution is 7.13. The molecule has 1 amide bonds. The van der Waals surface area contributed by atoms with E-state index < -0.39 is 11.6 Å². The molecule has 0 aliphatic rings. The molecule has 0 N–H and O–H groups in total. The largest absolute Gasteiger partial charge is 0.489 e. The third kappa shape index (κ3) is 4.78. The van der Waals surface area contributed by atoms with E-state index in [1.165, 1.54) is 17.4 Å². The molecule has 0 atom stereocenters. The average Bonchev–Trinajstić information content (AvgIpc) is 3.30. The number of anilines is 1. The van der Waals surface area contributed by atoms with Crippen molar-refractivity contribution in [2.75, 3.05) is 11.9 Å². The number of carbonyl (C=O) groups excluding carboxylic acids is 1. The number of ether oxygens (including phenoxy) is 1. The number of nitrogens with zero attached hydrogens (tertiary/aromatic N) is 2. The summed E-state index contributed by atoms with van der Waals surface area (Å²) >= 11 is 1.39. The summed E-state index contributed by atoms with van der Waals surface area (Å²) in [6.45, 7) is 0.123. The van der Waals surface area contributed by atoms with Crippen LogP contribution in [0, 0.1) is 11.6 Å². The Morgan fingerprint density at radius 2 is 1.74 bits per heavy atom. The number of hydrogen-bond donors (Lipinski definition) is 0. The van der Waals surface area contributed by atoms with Gasteiger partial charge in [0, 0.05) is 23.7 Å². The number of hydrogen-bond acceptors (Lipinski definition) is 4. The van der Waals surface area contributed by atoms with E-state index >= 15 is 0 Å². The Balaban J connectivity index is 1.42. The number of thiazole rings is 1. The number of halogens is 2. The molecule has 3 aromatic carbocycles. The molecule has 0 aliphatic heterocycles. The second kappa shape index (κ2) is 9.06. The molecule has 0 aliphatic carbocycles. The predicted octanol–water partition coefficient (Wildman–Crippen LogP) is 5.94. The molecule has 1 heterocycles. The van der Waals surface area contributed by atoms with Crippen LogP contribution in [0.2, 0.25) is 0 Å². The fourth-order valence-corrected chi connectivity index (χ4v) is 3.74. The van der Waals surface area contributed by atoms with Gasteiger partial charge < -0.3 is 9.64 Å². The zero-order valence-corrected chi connectivity index (χ0v) is 17.4. The van der Waals surface area contributed by atoms with Gasteiger partial charge in [-0.15, -0.1) is 11.3 Å². The van der Waals surface area contributed by atoms with E-state index in [4.69, 9.17) is 4.74 Å². The minimum Gasteiger partial charge on any atom is -0.489 e. The van der Waals surface area contributed by atoms with Crippen molar-refractivity contribution < 1.29 is 18.3 Å². The van der Waals surface area contributed by atoms with Crippen molar-refractivity contribution in [3.05, 3.63) is 101 Å². The van der Waals surface area contributed by atoms with Crippen LogP contribution in [0.5, 0.6) is 5.75 Å². The van der Waals surface area contributed by atoms with Gasteiger partial charge in [-0.1, -0.05) is 24.3 Å². The number of benzene rings is 3. The molecule has 4 nitrogen and oxygen atoms in total. The lowest BCUT2D eigenvalue weighted by Gasteiger charge is -2.15. The summed E-state index contributed by atoms with van der Waals surface area (Å²) < 4.78 is 31.9. The first-order valence-corrected chi connectivity index (χ1v) is 10.3. The Bertz CT molecular complexity index is 1190. The molecule has 1 aromatic heterocycles. The second-order valence-electron chi connectivity index (χ2n) is 6.80. The van der Waals surface area contributed by atoms with Gasteiger partial charge in [-0.25, -0.2) is 13.8 Å². The minimum atomic E-state index is -0.900. The van der Waals surface area contributed by atoms with Crippen LogP contribution in [0.3, 0.4) is 0 Å². The molecule has 0 radical (unpaired) electrons. The van der Waals surface area contributed by atoms with Crippen LogP contribution in [-0.2, 0) is 6.61 Å². The number of amides is 1. The maximum absolute atomic E-state index is 13.3. The Hall–Kier alpha value is -3.58. The Morgan fingerprint density at radius 1 is 1.00 bits per heavy atom. The maximum Gasteiger partial charge on any atom is 0.277 e. The summed E-state index contributed by atoms with van der Waals surface area (Å²) in [5.41, 5.74) is 2.56. The average molecular weight is 436 g/mol. The van der Waals surface area contributed by atoms with E-state index in [9.17, 15) is 13.6 Å². The zero-order chi connectivity index (χ0) is 21.8. The van der Waals surface area contributed by atoms with Gasteiger partial charge in [0.1, 0.15) is 23.1 Å². The standard InChI is InChI=1S/C24H18F2N2O2S/c1-28(18-5-3-2-4-6-18)24(29)22-15-31-23(27-22)17-8-10-19(11-9-17)30-14-16-7-12-20(25)21(26)13-16/h2-13,15H,14H2,1H3. The number of para-hydroxylation sites is 1. The highest BCUT2D eigenvalue weighted by atomic mass is 32.1. The lowest BCUT2D eigenvalue weighted by molar-refractivity contribution is 0.0989. The third-order valence-corrected chi connectivity index (χ3v) is 5.55. The summed E-state index contributed by atoms with van der Waals surface area (Å²) in [6.07, 6.45) is 0. The predicted molar refractivity (Wildman–Crippen MR) is 117 cm³/mol. The second-order valence-corrected chi connectivity index (χ2v) is 7.66. The summed E-state index contributed by atoms with van der Waals surface area (Å²) in [5, 5.41) is 2.46. The first-order chi connectivity index (χ1) is 15.0. The number of aromatic nitrogens is 1. The van der Waals surface area contributed by atoms with Crippen molar-refractivity contribution in [3.8, 4) is 16.3 Å². The molecule has 31 heavy (non-hydrogen) atoms. The van der Waals surface area contributed by atoms with Crippen molar-refractivity contribution >= 4 is 22.9 Å². The van der Waals surface area contributed by atoms with E-state index in [-0.39, 0.29) is 12.5 Å². The topological polar surface area (TPSA) is 42.4 Å². The van der Waals surface area contributed by atoms with Crippen LogP contribution in [0.15, 0.2) is 78.2 Å². The van der Waals surface area contributed by atoms with E-state index in [0.717, 1.165) is 28.4 Å². The first-order valence-electron chi connectivity index (χ1n) is 9.47. The van der Waals surface area contributed by atoms with Gasteiger partial charge in [0.15, 0.2) is 11.6 Å². The van der Waals surface area contributed by atoms with Crippen LogP contribution in [0.25, 0.3) is 10.6 Å². The van der Waals surface area contributed by atoms with Gasteiger partial charge in [0.2, 0.25) is 0 Å². The fourth-order valence-electron chi connectivity index (χ4n) is 2.94.